The van der Waals surface area contributed by atoms with E-state index in [0.717, 1.165) is 22.3 Å². The highest BCUT2D eigenvalue weighted by Crippen LogP contribution is 2.30. The lowest BCUT2D eigenvalue weighted by atomic mass is 9.95. The lowest BCUT2D eigenvalue weighted by Crippen LogP contribution is -2.09. The van der Waals surface area contributed by atoms with Crippen molar-refractivity contribution in [2.45, 2.75) is 33.6 Å². The fraction of sp³-hybridized carbons (Fsp3) is 0.273. The number of carbonyl (C=O) groups excluding carboxylic acids is 1. The molecule has 0 radical (unpaired) electrons. The Labute approximate surface area is 163 Å². The SMILES string of the molecule is CCc1c(C(=O)C(C)C)c2ccc(C(=O)O)cn2c1Cc1ccccc1Cl. The number of halogens is 1. The van der Waals surface area contributed by atoms with Gasteiger partial charge in [0.15, 0.2) is 5.78 Å². The third-order valence-electron chi connectivity index (χ3n) is 4.83. The number of carbonyl (C=O) groups is 2. The molecule has 1 aromatic carbocycles. The first-order chi connectivity index (χ1) is 12.8. The second kappa shape index (κ2) is 7.57. The topological polar surface area (TPSA) is 58.8 Å². The van der Waals surface area contributed by atoms with Crippen molar-refractivity contribution >= 4 is 28.9 Å². The van der Waals surface area contributed by atoms with E-state index in [0.29, 0.717) is 23.4 Å². The minimum absolute atomic E-state index is 0.0674. The Hall–Kier alpha value is -2.59. The van der Waals surface area contributed by atoms with Crippen LogP contribution in [-0.2, 0) is 12.8 Å². The summed E-state index contributed by atoms with van der Waals surface area (Å²) in [5, 5.41) is 10.1. The van der Waals surface area contributed by atoms with Crippen molar-refractivity contribution in [2.75, 3.05) is 0 Å². The number of aromatic carboxylic acids is 1. The number of ketones is 1. The molecule has 0 aliphatic heterocycles. The quantitative estimate of drug-likeness (QED) is 0.589. The van der Waals surface area contributed by atoms with Crippen molar-refractivity contribution in [3.8, 4) is 0 Å². The van der Waals surface area contributed by atoms with Gasteiger partial charge < -0.3 is 9.51 Å². The summed E-state index contributed by atoms with van der Waals surface area (Å²) >= 11 is 6.35. The number of carboxylic acids is 1. The summed E-state index contributed by atoms with van der Waals surface area (Å²) in [7, 11) is 0. The number of carboxylic acid groups (broad SMARTS) is 1. The predicted octanol–water partition coefficient (Wildman–Crippen LogP) is 5.28. The van der Waals surface area contributed by atoms with Crippen LogP contribution in [0.2, 0.25) is 5.02 Å². The van der Waals surface area contributed by atoms with E-state index in [9.17, 15) is 14.7 Å². The van der Waals surface area contributed by atoms with Gasteiger partial charge >= 0.3 is 5.97 Å². The summed E-state index contributed by atoms with van der Waals surface area (Å²) in [5.41, 5.74) is 4.43. The highest BCUT2D eigenvalue weighted by Gasteiger charge is 2.25. The molecule has 1 N–H and O–H groups in total. The molecule has 140 valence electrons. The molecular formula is C22H22ClNO3. The van der Waals surface area contributed by atoms with Crippen LogP contribution in [0.5, 0.6) is 0 Å². The number of fused-ring (bicyclic) bond motifs is 1. The lowest BCUT2D eigenvalue weighted by molar-refractivity contribution is 0.0696. The first kappa shape index (κ1) is 19.2. The molecule has 2 heterocycles. The molecule has 0 saturated heterocycles. The number of benzene rings is 1. The van der Waals surface area contributed by atoms with Gasteiger partial charge in [0.25, 0.3) is 0 Å². The Bertz CT molecular complexity index is 1030. The Balaban J connectivity index is 2.32. The van der Waals surface area contributed by atoms with Gasteiger partial charge in [0.1, 0.15) is 0 Å². The minimum atomic E-state index is -0.996. The standard InChI is InChI=1S/C22H22ClNO3/c1-4-16-19(11-14-7-5-6-8-17(14)23)24-12-15(22(26)27)9-10-18(24)20(16)21(25)13(2)3/h5-10,12-13H,4,11H2,1-3H3,(H,26,27). The van der Waals surface area contributed by atoms with Crippen LogP contribution in [0.15, 0.2) is 42.6 Å². The van der Waals surface area contributed by atoms with Crippen LogP contribution in [-0.4, -0.2) is 21.3 Å². The predicted molar refractivity (Wildman–Crippen MR) is 107 cm³/mol. The maximum atomic E-state index is 12.9. The number of hydrogen-bond acceptors (Lipinski definition) is 2. The summed E-state index contributed by atoms with van der Waals surface area (Å²) in [4.78, 5) is 24.4. The molecule has 4 nitrogen and oxygen atoms in total. The fourth-order valence-corrected chi connectivity index (χ4v) is 3.66. The second-order valence-corrected chi connectivity index (χ2v) is 7.33. The van der Waals surface area contributed by atoms with Crippen LogP contribution in [0, 0.1) is 5.92 Å². The summed E-state index contributed by atoms with van der Waals surface area (Å²) < 4.78 is 1.85. The maximum Gasteiger partial charge on any atom is 0.337 e. The summed E-state index contributed by atoms with van der Waals surface area (Å²) in [5.74, 6) is -1.07. The van der Waals surface area contributed by atoms with E-state index in [1.807, 2.05) is 49.4 Å². The van der Waals surface area contributed by atoms with Gasteiger partial charge in [0.05, 0.1) is 11.1 Å². The van der Waals surface area contributed by atoms with E-state index in [2.05, 4.69) is 0 Å². The molecule has 0 atom stereocenters. The Morgan fingerprint density at radius 3 is 2.44 bits per heavy atom. The smallest absolute Gasteiger partial charge is 0.337 e. The van der Waals surface area contributed by atoms with Crippen molar-refractivity contribution in [1.82, 2.24) is 4.40 Å². The van der Waals surface area contributed by atoms with Crippen LogP contribution >= 0.6 is 11.6 Å². The Kier molecular flexibility index (Phi) is 5.38. The molecule has 3 aromatic rings. The van der Waals surface area contributed by atoms with E-state index >= 15 is 0 Å². The number of Topliss-reactive ketones (excluding diaryl/α,β-unsaturated/α-hetero) is 1. The molecule has 5 heteroatoms. The molecular weight excluding hydrogens is 362 g/mol. The van der Waals surface area contributed by atoms with E-state index in [4.69, 9.17) is 11.6 Å². The van der Waals surface area contributed by atoms with Gasteiger partial charge in [-0.3, -0.25) is 4.79 Å². The van der Waals surface area contributed by atoms with Crippen molar-refractivity contribution in [3.05, 3.63) is 75.6 Å². The van der Waals surface area contributed by atoms with Gasteiger partial charge in [-0.2, -0.15) is 0 Å². The van der Waals surface area contributed by atoms with E-state index in [1.54, 1.807) is 18.3 Å². The maximum absolute atomic E-state index is 12.9. The van der Waals surface area contributed by atoms with Gasteiger partial charge in [-0.1, -0.05) is 50.6 Å². The molecule has 0 aliphatic rings. The van der Waals surface area contributed by atoms with E-state index in [-0.39, 0.29) is 17.3 Å². The molecule has 2 aromatic heterocycles. The first-order valence-corrected chi connectivity index (χ1v) is 9.39. The Morgan fingerprint density at radius 2 is 1.85 bits per heavy atom. The zero-order valence-corrected chi connectivity index (χ0v) is 16.4. The van der Waals surface area contributed by atoms with Crippen molar-refractivity contribution in [3.63, 3.8) is 0 Å². The average Bonchev–Trinajstić information content (AvgIpc) is 2.95. The first-order valence-electron chi connectivity index (χ1n) is 9.01. The molecule has 0 fully saturated rings. The molecule has 0 unspecified atom stereocenters. The van der Waals surface area contributed by atoms with E-state index < -0.39 is 5.97 Å². The molecule has 0 bridgehead atoms. The molecule has 0 saturated carbocycles. The molecule has 0 amide bonds. The van der Waals surface area contributed by atoms with Crippen LogP contribution in [0.25, 0.3) is 5.52 Å². The molecule has 0 aliphatic carbocycles. The minimum Gasteiger partial charge on any atom is -0.478 e. The fourth-order valence-electron chi connectivity index (χ4n) is 3.46. The zero-order valence-electron chi connectivity index (χ0n) is 15.6. The van der Waals surface area contributed by atoms with Gasteiger partial charge in [-0.25, -0.2) is 4.79 Å². The summed E-state index contributed by atoms with van der Waals surface area (Å²) in [6.07, 6.45) is 2.80. The van der Waals surface area contributed by atoms with Crippen LogP contribution in [0.4, 0.5) is 0 Å². The van der Waals surface area contributed by atoms with Crippen molar-refractivity contribution in [1.29, 1.82) is 0 Å². The average molecular weight is 384 g/mol. The van der Waals surface area contributed by atoms with Gasteiger partial charge in [0.2, 0.25) is 0 Å². The van der Waals surface area contributed by atoms with Crippen LogP contribution < -0.4 is 0 Å². The monoisotopic (exact) mass is 383 g/mol. The van der Waals surface area contributed by atoms with Gasteiger partial charge in [0, 0.05) is 34.8 Å². The number of aromatic nitrogens is 1. The molecule has 27 heavy (non-hydrogen) atoms. The Morgan fingerprint density at radius 1 is 1.15 bits per heavy atom. The van der Waals surface area contributed by atoms with Crippen molar-refractivity contribution < 1.29 is 14.7 Å². The van der Waals surface area contributed by atoms with Gasteiger partial charge in [-0.15, -0.1) is 0 Å². The zero-order chi connectivity index (χ0) is 19.7. The second-order valence-electron chi connectivity index (χ2n) is 6.92. The number of rotatable bonds is 6. The molecule has 0 spiro atoms. The largest absolute Gasteiger partial charge is 0.478 e. The van der Waals surface area contributed by atoms with E-state index in [1.165, 1.54) is 0 Å². The third-order valence-corrected chi connectivity index (χ3v) is 5.20. The van der Waals surface area contributed by atoms with Crippen molar-refractivity contribution in [2.24, 2.45) is 5.92 Å². The lowest BCUT2D eigenvalue weighted by Gasteiger charge is -2.09. The normalized spacial score (nSPS) is 11.3. The van der Waals surface area contributed by atoms with Crippen LogP contribution in [0.3, 0.4) is 0 Å². The summed E-state index contributed by atoms with van der Waals surface area (Å²) in [6, 6.07) is 10.9. The summed E-state index contributed by atoms with van der Waals surface area (Å²) in [6.45, 7) is 5.77. The number of nitrogens with zero attached hydrogens (tertiary/aromatic N) is 1. The van der Waals surface area contributed by atoms with Crippen LogP contribution in [0.1, 0.15) is 58.3 Å². The number of hydrogen-bond donors (Lipinski definition) is 1. The third kappa shape index (κ3) is 3.50. The molecule has 3 rings (SSSR count). The number of pyridine rings is 1. The highest BCUT2D eigenvalue weighted by molar-refractivity contribution is 6.31. The van der Waals surface area contributed by atoms with Gasteiger partial charge in [-0.05, 0) is 35.7 Å². The highest BCUT2D eigenvalue weighted by atomic mass is 35.5.